The molecule has 0 aliphatic heterocycles. The number of rotatable bonds is 5. The summed E-state index contributed by atoms with van der Waals surface area (Å²) in [5, 5.41) is 18.7. The third kappa shape index (κ3) is 3.19. The number of aromatic nitrogens is 1. The fourth-order valence-electron chi connectivity index (χ4n) is 0.789. The zero-order chi connectivity index (χ0) is 11.3. The molecule has 8 heteroatoms. The summed E-state index contributed by atoms with van der Waals surface area (Å²) >= 11 is 0. The number of nitrogens with zero attached hydrogens (tertiary/aromatic N) is 2. The van der Waals surface area contributed by atoms with Crippen LogP contribution in [0.15, 0.2) is 18.3 Å². The predicted octanol–water partition coefficient (Wildman–Crippen LogP) is 0.418. The quantitative estimate of drug-likeness (QED) is 0.537. The summed E-state index contributed by atoms with van der Waals surface area (Å²) in [6.07, 6.45) is 1.32. The molecule has 0 spiro atoms. The molecule has 1 aromatic rings. The highest BCUT2D eigenvalue weighted by Gasteiger charge is 2.13. The number of hydrogen-bond donors (Lipinski definition) is 2. The molecule has 0 saturated carbocycles. The molecular formula is C7H7N3O5. The lowest BCUT2D eigenvalue weighted by atomic mass is 10.4. The number of aliphatic carboxylic acids is 1. The van der Waals surface area contributed by atoms with E-state index in [9.17, 15) is 14.9 Å². The van der Waals surface area contributed by atoms with Crippen LogP contribution in [-0.4, -0.2) is 27.6 Å². The molecule has 1 aromatic heterocycles. The maximum absolute atomic E-state index is 10.5. The van der Waals surface area contributed by atoms with Gasteiger partial charge in [-0.1, -0.05) is 0 Å². The average Bonchev–Trinajstić information content (AvgIpc) is 2.17. The van der Waals surface area contributed by atoms with Crippen LogP contribution in [0, 0.1) is 10.1 Å². The summed E-state index contributed by atoms with van der Waals surface area (Å²) in [6.45, 7) is -0.617. The van der Waals surface area contributed by atoms with Gasteiger partial charge in [0, 0.05) is 12.3 Å². The number of carbonyl (C=O) groups is 1. The van der Waals surface area contributed by atoms with Gasteiger partial charge < -0.3 is 5.11 Å². The Balaban J connectivity index is 2.67. The lowest BCUT2D eigenvalue weighted by Crippen LogP contribution is -2.12. The first-order valence-electron chi connectivity index (χ1n) is 3.80. The molecule has 0 radical (unpaired) electrons. The van der Waals surface area contributed by atoms with Crippen LogP contribution in [0.3, 0.4) is 0 Å². The van der Waals surface area contributed by atoms with Crippen LogP contribution in [0.2, 0.25) is 0 Å². The smallest absolute Gasteiger partial charge is 0.332 e. The van der Waals surface area contributed by atoms with Crippen molar-refractivity contribution >= 4 is 17.5 Å². The van der Waals surface area contributed by atoms with E-state index in [0.717, 1.165) is 0 Å². The van der Waals surface area contributed by atoms with Crippen LogP contribution in [0.4, 0.5) is 11.5 Å². The van der Waals surface area contributed by atoms with Gasteiger partial charge in [-0.3, -0.25) is 15.0 Å². The van der Waals surface area contributed by atoms with Crippen LogP contribution in [-0.2, 0) is 9.63 Å². The SMILES string of the molecule is O=C(O)CONc1ncccc1[N+](=O)[O-]. The Hall–Kier alpha value is -2.22. The molecule has 0 atom stereocenters. The first kappa shape index (κ1) is 10.9. The van der Waals surface area contributed by atoms with E-state index in [-0.39, 0.29) is 11.5 Å². The Kier molecular flexibility index (Phi) is 3.52. The minimum absolute atomic E-state index is 0.135. The number of anilines is 1. The largest absolute Gasteiger partial charge is 0.479 e. The van der Waals surface area contributed by atoms with E-state index in [1.165, 1.54) is 18.3 Å². The number of carboxylic acids is 1. The molecule has 2 N–H and O–H groups in total. The third-order valence-corrected chi connectivity index (χ3v) is 1.35. The van der Waals surface area contributed by atoms with Gasteiger partial charge in [-0.15, -0.1) is 0 Å². The second-order valence-electron chi connectivity index (χ2n) is 2.41. The van der Waals surface area contributed by atoms with E-state index >= 15 is 0 Å². The van der Waals surface area contributed by atoms with Crippen molar-refractivity contribution < 1.29 is 19.7 Å². The first-order valence-corrected chi connectivity index (χ1v) is 3.80. The third-order valence-electron chi connectivity index (χ3n) is 1.35. The standard InChI is InChI=1S/C7H7N3O5/c11-6(12)4-15-9-7-5(10(13)14)2-1-3-8-7/h1-3H,4H2,(H,8,9)(H,11,12). The van der Waals surface area contributed by atoms with Crippen molar-refractivity contribution in [2.24, 2.45) is 0 Å². The van der Waals surface area contributed by atoms with Crippen LogP contribution >= 0.6 is 0 Å². The van der Waals surface area contributed by atoms with Gasteiger partial charge in [-0.2, -0.15) is 0 Å². The molecule has 0 aliphatic carbocycles. The highest BCUT2D eigenvalue weighted by atomic mass is 16.7. The van der Waals surface area contributed by atoms with Gasteiger partial charge in [0.05, 0.1) is 4.92 Å². The summed E-state index contributed by atoms with van der Waals surface area (Å²) in [5.41, 5.74) is 1.80. The van der Waals surface area contributed by atoms with E-state index in [1.807, 2.05) is 0 Å². The van der Waals surface area contributed by atoms with E-state index in [1.54, 1.807) is 0 Å². The molecule has 15 heavy (non-hydrogen) atoms. The minimum Gasteiger partial charge on any atom is -0.479 e. The number of nitrogens with one attached hydrogen (secondary N) is 1. The zero-order valence-corrected chi connectivity index (χ0v) is 7.41. The molecule has 0 saturated heterocycles. The number of pyridine rings is 1. The van der Waals surface area contributed by atoms with Gasteiger partial charge in [0.1, 0.15) is 0 Å². The first-order chi connectivity index (χ1) is 7.11. The van der Waals surface area contributed by atoms with E-state index in [2.05, 4.69) is 15.3 Å². The van der Waals surface area contributed by atoms with Crippen LogP contribution in [0.5, 0.6) is 0 Å². The Morgan fingerprint density at radius 1 is 1.73 bits per heavy atom. The number of nitro groups is 1. The Morgan fingerprint density at radius 2 is 2.47 bits per heavy atom. The van der Waals surface area contributed by atoms with Crippen molar-refractivity contribution in [1.82, 2.24) is 4.98 Å². The zero-order valence-electron chi connectivity index (χ0n) is 7.41. The summed E-state index contributed by atoms with van der Waals surface area (Å²) in [4.78, 5) is 28.0. The Labute approximate surface area is 83.6 Å². The van der Waals surface area contributed by atoms with E-state index in [4.69, 9.17) is 5.11 Å². The van der Waals surface area contributed by atoms with Gasteiger partial charge in [-0.25, -0.2) is 15.3 Å². The molecule has 80 valence electrons. The normalized spacial score (nSPS) is 9.60. The maximum atomic E-state index is 10.5. The lowest BCUT2D eigenvalue weighted by molar-refractivity contribution is -0.384. The molecule has 1 heterocycles. The van der Waals surface area contributed by atoms with Gasteiger partial charge in [0.25, 0.3) is 0 Å². The van der Waals surface area contributed by atoms with Crippen molar-refractivity contribution in [2.45, 2.75) is 0 Å². The second-order valence-corrected chi connectivity index (χ2v) is 2.41. The van der Waals surface area contributed by atoms with Crippen molar-refractivity contribution in [2.75, 3.05) is 12.1 Å². The Bertz CT molecular complexity index is 381. The second kappa shape index (κ2) is 4.86. The highest BCUT2D eigenvalue weighted by molar-refractivity contribution is 5.68. The number of hydrogen-bond acceptors (Lipinski definition) is 6. The molecule has 0 aliphatic rings. The van der Waals surface area contributed by atoms with Crippen molar-refractivity contribution in [3.05, 3.63) is 28.4 Å². The van der Waals surface area contributed by atoms with Crippen molar-refractivity contribution in [3.8, 4) is 0 Å². The van der Waals surface area contributed by atoms with E-state index in [0.29, 0.717) is 0 Å². The molecule has 0 bridgehead atoms. The number of carboxylic acid groups (broad SMARTS) is 1. The van der Waals surface area contributed by atoms with E-state index < -0.39 is 17.5 Å². The fourth-order valence-corrected chi connectivity index (χ4v) is 0.789. The van der Waals surface area contributed by atoms with Gasteiger partial charge in [0.2, 0.25) is 5.82 Å². The lowest BCUT2D eigenvalue weighted by Gasteiger charge is -2.03. The van der Waals surface area contributed by atoms with Crippen LogP contribution < -0.4 is 5.48 Å². The molecule has 0 fully saturated rings. The Morgan fingerprint density at radius 3 is 3.07 bits per heavy atom. The average molecular weight is 213 g/mol. The highest BCUT2D eigenvalue weighted by Crippen LogP contribution is 2.19. The van der Waals surface area contributed by atoms with Crippen LogP contribution in [0.25, 0.3) is 0 Å². The summed E-state index contributed by atoms with van der Waals surface area (Å²) in [5.74, 6) is -1.33. The van der Waals surface area contributed by atoms with Crippen molar-refractivity contribution in [3.63, 3.8) is 0 Å². The monoisotopic (exact) mass is 213 g/mol. The molecule has 0 unspecified atom stereocenters. The molecule has 1 rings (SSSR count). The van der Waals surface area contributed by atoms with Crippen molar-refractivity contribution in [1.29, 1.82) is 0 Å². The topological polar surface area (TPSA) is 115 Å². The summed E-state index contributed by atoms with van der Waals surface area (Å²) < 4.78 is 0. The summed E-state index contributed by atoms with van der Waals surface area (Å²) in [6, 6.07) is 2.61. The minimum atomic E-state index is -1.19. The maximum Gasteiger partial charge on any atom is 0.332 e. The predicted molar refractivity (Wildman–Crippen MR) is 48.1 cm³/mol. The molecule has 8 nitrogen and oxygen atoms in total. The van der Waals surface area contributed by atoms with Gasteiger partial charge in [0.15, 0.2) is 6.61 Å². The van der Waals surface area contributed by atoms with Crippen LogP contribution in [0.1, 0.15) is 0 Å². The molecular weight excluding hydrogens is 206 g/mol. The summed E-state index contributed by atoms with van der Waals surface area (Å²) in [7, 11) is 0. The fraction of sp³-hybridized carbons (Fsp3) is 0.143. The molecule has 0 amide bonds. The van der Waals surface area contributed by atoms with Gasteiger partial charge >= 0.3 is 11.7 Å². The van der Waals surface area contributed by atoms with Gasteiger partial charge in [-0.05, 0) is 6.07 Å². The molecule has 0 aromatic carbocycles.